The molecule has 2 fully saturated rings. The molecule has 3 heterocycles. The van der Waals surface area contributed by atoms with Crippen LogP contribution in [0.2, 0.25) is 0 Å². The van der Waals surface area contributed by atoms with E-state index in [1.54, 1.807) is 37.2 Å². The number of carbonyl (C=O) groups is 1. The summed E-state index contributed by atoms with van der Waals surface area (Å²) < 4.78 is 0. The molecule has 2 saturated heterocycles. The van der Waals surface area contributed by atoms with Gasteiger partial charge in [0.05, 0.1) is 23.5 Å². The topological polar surface area (TPSA) is 98.8 Å². The zero-order chi connectivity index (χ0) is 19.1. The molecule has 4 rings (SSSR count). The predicted octanol–water partition coefficient (Wildman–Crippen LogP) is 1.77. The fourth-order valence-electron chi connectivity index (χ4n) is 4.11. The molecular formula is C19H24N6O2. The highest BCUT2D eigenvalue weighted by molar-refractivity contribution is 5.77. The van der Waals surface area contributed by atoms with Gasteiger partial charge in [-0.1, -0.05) is 12.1 Å². The first-order valence-corrected chi connectivity index (χ1v) is 9.12. The molecule has 2 atom stereocenters. The van der Waals surface area contributed by atoms with Crippen LogP contribution in [-0.2, 0) is 0 Å². The number of amides is 2. The number of nitrogens with zero attached hydrogens (tertiary/aromatic N) is 5. The lowest BCUT2D eigenvalue weighted by Crippen LogP contribution is -2.58. The smallest absolute Gasteiger partial charge is 0.320 e. The van der Waals surface area contributed by atoms with Crippen LogP contribution in [0.1, 0.15) is 12.8 Å². The van der Waals surface area contributed by atoms with E-state index in [2.05, 4.69) is 15.1 Å². The molecule has 2 aliphatic rings. The van der Waals surface area contributed by atoms with Gasteiger partial charge >= 0.3 is 6.03 Å². The molecule has 2 unspecified atom stereocenters. The van der Waals surface area contributed by atoms with E-state index in [0.717, 1.165) is 18.5 Å². The number of hydrogen-bond donors (Lipinski definition) is 2. The molecule has 142 valence electrons. The number of anilines is 2. The van der Waals surface area contributed by atoms with E-state index >= 15 is 0 Å². The number of benzene rings is 1. The highest BCUT2D eigenvalue weighted by Gasteiger charge is 2.43. The number of phenols is 1. The second-order valence-electron chi connectivity index (χ2n) is 7.39. The number of aromatic hydroxyl groups is 1. The van der Waals surface area contributed by atoms with Crippen LogP contribution in [0.25, 0.3) is 11.3 Å². The van der Waals surface area contributed by atoms with E-state index < -0.39 is 0 Å². The molecule has 1 aromatic carbocycles. The number of aromatic nitrogens is 2. The first-order chi connectivity index (χ1) is 13.0. The van der Waals surface area contributed by atoms with Gasteiger partial charge in [-0.25, -0.2) is 4.79 Å². The molecular weight excluding hydrogens is 344 g/mol. The highest BCUT2D eigenvalue weighted by atomic mass is 16.3. The van der Waals surface area contributed by atoms with Crippen molar-refractivity contribution in [3.63, 3.8) is 0 Å². The van der Waals surface area contributed by atoms with Gasteiger partial charge in [0.15, 0.2) is 5.82 Å². The van der Waals surface area contributed by atoms with Gasteiger partial charge in [0.25, 0.3) is 0 Å². The van der Waals surface area contributed by atoms with Crippen molar-refractivity contribution in [2.45, 2.75) is 24.9 Å². The molecule has 0 spiro atoms. The van der Waals surface area contributed by atoms with E-state index in [9.17, 15) is 9.90 Å². The molecule has 27 heavy (non-hydrogen) atoms. The van der Waals surface area contributed by atoms with Crippen LogP contribution < -0.4 is 10.6 Å². The molecule has 2 amide bonds. The van der Waals surface area contributed by atoms with Crippen molar-refractivity contribution in [1.82, 2.24) is 20.0 Å². The number of nitrogens with two attached hydrogens (primary N) is 1. The van der Waals surface area contributed by atoms with Crippen LogP contribution in [-0.4, -0.2) is 70.4 Å². The Morgan fingerprint density at radius 3 is 2.48 bits per heavy atom. The average Bonchev–Trinajstić information content (AvgIpc) is 2.91. The van der Waals surface area contributed by atoms with Gasteiger partial charge in [-0.05, 0) is 31.0 Å². The SMILES string of the molecule is CN(C)C(=O)N1C2CCC1CN(c1cc(-c3ccccc3O)nnc1N)C2. The van der Waals surface area contributed by atoms with Gasteiger partial charge in [-0.3, -0.25) is 0 Å². The third kappa shape index (κ3) is 3.01. The summed E-state index contributed by atoms with van der Waals surface area (Å²) in [4.78, 5) is 18.3. The Balaban J connectivity index is 1.63. The molecule has 0 aliphatic carbocycles. The lowest BCUT2D eigenvalue weighted by molar-refractivity contribution is 0.138. The quantitative estimate of drug-likeness (QED) is 0.838. The maximum absolute atomic E-state index is 12.5. The standard InChI is InChI=1S/C19H24N6O2/c1-23(2)19(27)25-12-7-8-13(25)11-24(10-12)16-9-15(21-22-18(16)20)14-5-3-4-6-17(14)26/h3-6,9,12-13,26H,7-8,10-11H2,1-2H3,(H2,20,22). The molecule has 3 N–H and O–H groups in total. The van der Waals surface area contributed by atoms with Crippen molar-refractivity contribution in [3.05, 3.63) is 30.3 Å². The number of piperazine rings is 1. The number of carbonyl (C=O) groups excluding carboxylic acids is 1. The maximum Gasteiger partial charge on any atom is 0.320 e. The zero-order valence-corrected chi connectivity index (χ0v) is 15.5. The van der Waals surface area contributed by atoms with Crippen molar-refractivity contribution >= 4 is 17.5 Å². The van der Waals surface area contributed by atoms with Crippen LogP contribution in [0.5, 0.6) is 5.75 Å². The summed E-state index contributed by atoms with van der Waals surface area (Å²) in [6.45, 7) is 1.43. The normalized spacial score (nSPS) is 21.4. The van der Waals surface area contributed by atoms with Crippen LogP contribution in [0, 0.1) is 0 Å². The third-order valence-corrected chi connectivity index (χ3v) is 5.41. The molecule has 0 radical (unpaired) electrons. The summed E-state index contributed by atoms with van der Waals surface area (Å²) >= 11 is 0. The van der Waals surface area contributed by atoms with E-state index in [-0.39, 0.29) is 23.9 Å². The minimum atomic E-state index is 0.0675. The molecule has 8 nitrogen and oxygen atoms in total. The minimum absolute atomic E-state index is 0.0675. The molecule has 2 aromatic rings. The van der Waals surface area contributed by atoms with E-state index in [1.165, 1.54) is 0 Å². The van der Waals surface area contributed by atoms with E-state index in [1.807, 2.05) is 17.0 Å². The van der Waals surface area contributed by atoms with Gasteiger partial charge in [0.1, 0.15) is 5.75 Å². The summed E-state index contributed by atoms with van der Waals surface area (Å²) in [6, 6.07) is 9.31. The fourth-order valence-corrected chi connectivity index (χ4v) is 4.11. The molecule has 1 aromatic heterocycles. The number of hydrogen-bond acceptors (Lipinski definition) is 6. The largest absolute Gasteiger partial charge is 0.507 e. The average molecular weight is 368 g/mol. The van der Waals surface area contributed by atoms with Gasteiger partial charge in [-0.2, -0.15) is 0 Å². The molecule has 8 heteroatoms. The van der Waals surface area contributed by atoms with Crippen molar-refractivity contribution in [2.75, 3.05) is 37.8 Å². The van der Waals surface area contributed by atoms with Crippen molar-refractivity contribution in [2.24, 2.45) is 0 Å². The maximum atomic E-state index is 12.5. The Morgan fingerprint density at radius 2 is 1.85 bits per heavy atom. The Bertz CT molecular complexity index is 857. The first-order valence-electron chi connectivity index (χ1n) is 9.12. The van der Waals surface area contributed by atoms with Crippen molar-refractivity contribution in [1.29, 1.82) is 0 Å². The summed E-state index contributed by atoms with van der Waals surface area (Å²) in [7, 11) is 3.58. The van der Waals surface area contributed by atoms with Crippen LogP contribution in [0.4, 0.5) is 16.3 Å². The van der Waals surface area contributed by atoms with Crippen molar-refractivity contribution < 1.29 is 9.90 Å². The summed E-state index contributed by atoms with van der Waals surface area (Å²) in [5, 5.41) is 18.4. The number of phenolic OH excluding ortho intramolecular Hbond substituents is 1. The summed E-state index contributed by atoms with van der Waals surface area (Å²) in [5.74, 6) is 0.518. The number of fused-ring (bicyclic) bond motifs is 2. The van der Waals surface area contributed by atoms with Crippen molar-refractivity contribution in [3.8, 4) is 17.0 Å². The zero-order valence-electron chi connectivity index (χ0n) is 15.5. The number of para-hydroxylation sites is 1. The Morgan fingerprint density at radius 1 is 1.19 bits per heavy atom. The summed E-state index contributed by atoms with van der Waals surface area (Å²) in [5.41, 5.74) is 8.13. The highest BCUT2D eigenvalue weighted by Crippen LogP contribution is 2.36. The predicted molar refractivity (Wildman–Crippen MR) is 103 cm³/mol. The number of rotatable bonds is 2. The first kappa shape index (κ1) is 17.4. The lowest BCUT2D eigenvalue weighted by Gasteiger charge is -2.43. The number of urea groups is 1. The third-order valence-electron chi connectivity index (χ3n) is 5.41. The summed E-state index contributed by atoms with van der Waals surface area (Å²) in [6.07, 6.45) is 1.98. The van der Waals surface area contributed by atoms with E-state index in [0.29, 0.717) is 30.2 Å². The van der Waals surface area contributed by atoms with Gasteiger partial charge < -0.3 is 25.5 Å². The van der Waals surface area contributed by atoms with Gasteiger partial charge in [0.2, 0.25) is 0 Å². The van der Waals surface area contributed by atoms with Crippen LogP contribution in [0.3, 0.4) is 0 Å². The van der Waals surface area contributed by atoms with E-state index in [4.69, 9.17) is 5.73 Å². The molecule has 2 aliphatic heterocycles. The second kappa shape index (κ2) is 6.61. The van der Waals surface area contributed by atoms with Gasteiger partial charge in [0, 0.05) is 32.7 Å². The Kier molecular flexibility index (Phi) is 4.25. The number of nitrogen functional groups attached to an aromatic ring is 1. The Labute approximate surface area is 158 Å². The Hall–Kier alpha value is -3.03. The van der Waals surface area contributed by atoms with Gasteiger partial charge in [-0.15, -0.1) is 10.2 Å². The molecule has 2 bridgehead atoms. The molecule has 0 saturated carbocycles. The minimum Gasteiger partial charge on any atom is -0.507 e. The monoisotopic (exact) mass is 368 g/mol. The van der Waals surface area contributed by atoms with Crippen LogP contribution in [0.15, 0.2) is 30.3 Å². The fraction of sp³-hybridized carbons (Fsp3) is 0.421. The second-order valence-corrected chi connectivity index (χ2v) is 7.39. The lowest BCUT2D eigenvalue weighted by atomic mass is 10.1. The van der Waals surface area contributed by atoms with Crippen LogP contribution >= 0.6 is 0 Å².